The average Bonchev–Trinajstić information content (AvgIpc) is 3.07. The fraction of sp³-hybridized carbons (Fsp3) is 0.533. The van der Waals surface area contributed by atoms with Crippen LogP contribution in [0.3, 0.4) is 0 Å². The number of fused-ring (bicyclic) bond motifs is 1. The molecule has 2 saturated carbocycles. The van der Waals surface area contributed by atoms with Crippen LogP contribution in [0.1, 0.15) is 31.2 Å². The molecule has 2 unspecified atom stereocenters. The van der Waals surface area contributed by atoms with Gasteiger partial charge in [-0.25, -0.2) is 0 Å². The van der Waals surface area contributed by atoms with Gasteiger partial charge in [0.25, 0.3) is 0 Å². The first kappa shape index (κ1) is 11.6. The molecule has 0 aromatic heterocycles. The molecule has 3 heteroatoms. The van der Waals surface area contributed by atoms with Crippen molar-refractivity contribution < 1.29 is 4.79 Å². The van der Waals surface area contributed by atoms with E-state index in [4.69, 9.17) is 5.73 Å². The normalized spacial score (nSPS) is 29.5. The van der Waals surface area contributed by atoms with E-state index in [1.165, 1.54) is 25.7 Å². The Kier molecular flexibility index (Phi) is 2.77. The highest BCUT2D eigenvalue weighted by Gasteiger charge is 2.54. The molecule has 3 rings (SSSR count). The molecule has 0 saturated heterocycles. The number of rotatable bonds is 2. The van der Waals surface area contributed by atoms with Gasteiger partial charge in [-0.2, -0.15) is 0 Å². The van der Waals surface area contributed by atoms with Crippen LogP contribution in [0.4, 0.5) is 11.4 Å². The molecular weight excluding hydrogens is 224 g/mol. The van der Waals surface area contributed by atoms with Crippen molar-refractivity contribution in [3.8, 4) is 0 Å². The predicted molar refractivity (Wildman–Crippen MR) is 73.2 cm³/mol. The average molecular weight is 244 g/mol. The first-order chi connectivity index (χ1) is 8.66. The molecule has 18 heavy (non-hydrogen) atoms. The van der Waals surface area contributed by atoms with Crippen molar-refractivity contribution >= 4 is 17.3 Å². The number of nitrogen functional groups attached to an aromatic ring is 1. The van der Waals surface area contributed by atoms with Crippen LogP contribution in [-0.4, -0.2) is 5.91 Å². The predicted octanol–water partition coefficient (Wildman–Crippen LogP) is 2.95. The maximum absolute atomic E-state index is 12.2. The van der Waals surface area contributed by atoms with E-state index in [2.05, 4.69) is 5.32 Å². The van der Waals surface area contributed by atoms with E-state index in [1.807, 2.05) is 25.1 Å². The fourth-order valence-corrected chi connectivity index (χ4v) is 3.39. The number of carbonyl (C=O) groups is 1. The minimum Gasteiger partial charge on any atom is -0.397 e. The minimum absolute atomic E-state index is 0.169. The molecule has 2 aliphatic rings. The summed E-state index contributed by atoms with van der Waals surface area (Å²) in [6.07, 6.45) is 5.04. The van der Waals surface area contributed by atoms with Crippen molar-refractivity contribution in [1.29, 1.82) is 0 Å². The Balaban J connectivity index is 1.68. The molecule has 0 aliphatic heterocycles. The summed E-state index contributed by atoms with van der Waals surface area (Å²) < 4.78 is 0. The molecule has 0 bridgehead atoms. The van der Waals surface area contributed by atoms with Crippen LogP contribution >= 0.6 is 0 Å². The molecule has 2 atom stereocenters. The Hall–Kier alpha value is -1.51. The summed E-state index contributed by atoms with van der Waals surface area (Å²) in [5.41, 5.74) is 8.46. The van der Waals surface area contributed by atoms with Crippen LogP contribution in [0, 0.1) is 24.7 Å². The van der Waals surface area contributed by atoms with Crippen molar-refractivity contribution in [3.63, 3.8) is 0 Å². The van der Waals surface area contributed by atoms with Crippen LogP contribution in [-0.2, 0) is 4.79 Å². The zero-order valence-electron chi connectivity index (χ0n) is 10.8. The summed E-state index contributed by atoms with van der Waals surface area (Å²) in [5, 5.41) is 2.99. The van der Waals surface area contributed by atoms with E-state index < -0.39 is 0 Å². The summed E-state index contributed by atoms with van der Waals surface area (Å²) in [6, 6.07) is 5.77. The molecule has 3 N–H and O–H groups in total. The molecule has 0 spiro atoms. The van der Waals surface area contributed by atoms with Gasteiger partial charge in [-0.3, -0.25) is 4.79 Å². The number of aryl methyl sites for hydroxylation is 1. The number of benzene rings is 1. The molecule has 1 aromatic rings. The molecule has 0 heterocycles. The fourth-order valence-electron chi connectivity index (χ4n) is 3.39. The molecule has 1 aromatic carbocycles. The highest BCUT2D eigenvalue weighted by Crippen LogP contribution is 2.55. The number of nitrogens with one attached hydrogen (secondary N) is 1. The number of hydrogen-bond acceptors (Lipinski definition) is 2. The van der Waals surface area contributed by atoms with E-state index >= 15 is 0 Å². The third-order valence-electron chi connectivity index (χ3n) is 4.42. The van der Waals surface area contributed by atoms with Crippen molar-refractivity contribution in [2.24, 2.45) is 17.8 Å². The monoisotopic (exact) mass is 244 g/mol. The van der Waals surface area contributed by atoms with Gasteiger partial charge in [-0.05, 0) is 49.3 Å². The molecule has 96 valence electrons. The molecule has 2 fully saturated rings. The van der Waals surface area contributed by atoms with Gasteiger partial charge in [0.2, 0.25) is 5.91 Å². The lowest BCUT2D eigenvalue weighted by molar-refractivity contribution is -0.117. The third-order valence-corrected chi connectivity index (χ3v) is 4.42. The largest absolute Gasteiger partial charge is 0.397 e. The van der Waals surface area contributed by atoms with Gasteiger partial charge >= 0.3 is 0 Å². The van der Waals surface area contributed by atoms with Gasteiger partial charge in [0, 0.05) is 5.92 Å². The number of anilines is 2. The summed E-state index contributed by atoms with van der Waals surface area (Å²) >= 11 is 0. The number of amides is 1. The SMILES string of the molecule is Cc1ccc(NC(=O)C2C3CCCCC32)c(N)c1. The van der Waals surface area contributed by atoms with E-state index in [0.717, 1.165) is 11.3 Å². The van der Waals surface area contributed by atoms with Gasteiger partial charge < -0.3 is 11.1 Å². The van der Waals surface area contributed by atoms with Crippen molar-refractivity contribution in [2.45, 2.75) is 32.6 Å². The zero-order valence-corrected chi connectivity index (χ0v) is 10.8. The quantitative estimate of drug-likeness (QED) is 0.786. The van der Waals surface area contributed by atoms with E-state index in [9.17, 15) is 4.79 Å². The lowest BCUT2D eigenvalue weighted by Gasteiger charge is -2.08. The van der Waals surface area contributed by atoms with Crippen molar-refractivity contribution in [3.05, 3.63) is 23.8 Å². The Morgan fingerprint density at radius 2 is 1.94 bits per heavy atom. The lowest BCUT2D eigenvalue weighted by atomic mass is 10.0. The van der Waals surface area contributed by atoms with Gasteiger partial charge in [-0.1, -0.05) is 18.9 Å². The number of hydrogen-bond donors (Lipinski definition) is 2. The van der Waals surface area contributed by atoms with Crippen LogP contribution in [0.25, 0.3) is 0 Å². The first-order valence-corrected chi connectivity index (χ1v) is 6.84. The summed E-state index contributed by atoms with van der Waals surface area (Å²) in [5.74, 6) is 1.70. The topological polar surface area (TPSA) is 55.1 Å². The van der Waals surface area contributed by atoms with Crippen molar-refractivity contribution in [1.82, 2.24) is 0 Å². The zero-order chi connectivity index (χ0) is 12.7. The Labute approximate surface area is 108 Å². The number of carbonyl (C=O) groups excluding carboxylic acids is 1. The molecular formula is C15H20N2O. The standard InChI is InChI=1S/C15H20N2O/c1-9-6-7-13(12(16)8-9)17-15(18)14-10-4-2-3-5-11(10)14/h6-8,10-11,14H,2-5,16H2,1H3,(H,17,18). The summed E-state index contributed by atoms with van der Waals surface area (Å²) in [6.45, 7) is 2.00. The lowest BCUT2D eigenvalue weighted by Crippen LogP contribution is -2.16. The second-order valence-electron chi connectivity index (χ2n) is 5.72. The van der Waals surface area contributed by atoms with E-state index in [-0.39, 0.29) is 11.8 Å². The van der Waals surface area contributed by atoms with Gasteiger partial charge in [0.15, 0.2) is 0 Å². The van der Waals surface area contributed by atoms with Crippen molar-refractivity contribution in [2.75, 3.05) is 11.1 Å². The van der Waals surface area contributed by atoms with E-state index in [1.54, 1.807) is 0 Å². The van der Waals surface area contributed by atoms with Crippen LogP contribution in [0.2, 0.25) is 0 Å². The summed E-state index contributed by atoms with van der Waals surface area (Å²) in [4.78, 5) is 12.2. The molecule has 1 amide bonds. The van der Waals surface area contributed by atoms with Gasteiger partial charge in [-0.15, -0.1) is 0 Å². The number of nitrogens with two attached hydrogens (primary N) is 1. The first-order valence-electron chi connectivity index (χ1n) is 6.84. The van der Waals surface area contributed by atoms with Crippen LogP contribution < -0.4 is 11.1 Å². The molecule has 2 aliphatic carbocycles. The van der Waals surface area contributed by atoms with Gasteiger partial charge in [0.05, 0.1) is 11.4 Å². The minimum atomic E-state index is 0.169. The highest BCUT2D eigenvalue weighted by atomic mass is 16.2. The second kappa shape index (κ2) is 4.30. The molecule has 3 nitrogen and oxygen atoms in total. The maximum Gasteiger partial charge on any atom is 0.228 e. The summed E-state index contributed by atoms with van der Waals surface area (Å²) in [7, 11) is 0. The smallest absolute Gasteiger partial charge is 0.228 e. The van der Waals surface area contributed by atoms with E-state index in [0.29, 0.717) is 17.5 Å². The Morgan fingerprint density at radius 3 is 2.56 bits per heavy atom. The molecule has 0 radical (unpaired) electrons. The third kappa shape index (κ3) is 1.98. The van der Waals surface area contributed by atoms with Crippen LogP contribution in [0.5, 0.6) is 0 Å². The van der Waals surface area contributed by atoms with Gasteiger partial charge in [0.1, 0.15) is 0 Å². The highest BCUT2D eigenvalue weighted by molar-refractivity contribution is 5.97. The Bertz CT molecular complexity index is 471. The van der Waals surface area contributed by atoms with Crippen LogP contribution in [0.15, 0.2) is 18.2 Å². The Morgan fingerprint density at radius 1 is 1.28 bits per heavy atom. The maximum atomic E-state index is 12.2. The second-order valence-corrected chi connectivity index (χ2v) is 5.72.